The molecule has 66 valence electrons. The summed E-state index contributed by atoms with van der Waals surface area (Å²) >= 11 is 0. The molecule has 0 atom stereocenters. The van der Waals surface area contributed by atoms with Crippen LogP contribution in [0, 0.1) is 0 Å². The maximum atomic E-state index is 4.34. The first-order valence-corrected chi connectivity index (χ1v) is 4.75. The van der Waals surface area contributed by atoms with E-state index in [4.69, 9.17) is 0 Å². The van der Waals surface area contributed by atoms with Gasteiger partial charge >= 0.3 is 0 Å². The molecule has 1 N–H and O–H groups in total. The Morgan fingerprint density at radius 1 is 1.15 bits per heavy atom. The minimum absolute atomic E-state index is 0.931. The number of nitrogens with zero attached hydrogens (tertiary/aromatic N) is 2. The largest absolute Gasteiger partial charge is 0.261 e. The van der Waals surface area contributed by atoms with Gasteiger partial charge in [-0.05, 0) is 36.8 Å². The average molecular weight is 173 g/mol. The summed E-state index contributed by atoms with van der Waals surface area (Å²) in [6.07, 6.45) is 8.87. The fourth-order valence-corrected chi connectivity index (χ4v) is 2.12. The van der Waals surface area contributed by atoms with Gasteiger partial charge in [0.1, 0.15) is 0 Å². The van der Waals surface area contributed by atoms with Gasteiger partial charge in [0, 0.05) is 11.6 Å². The van der Waals surface area contributed by atoms with Gasteiger partial charge in [-0.15, -0.1) is 0 Å². The number of nitrogens with one attached hydrogen (secondary N) is 1. The molecular formula is C10H11N3. The van der Waals surface area contributed by atoms with E-state index in [0.717, 1.165) is 5.65 Å². The van der Waals surface area contributed by atoms with Crippen LogP contribution in [-0.2, 0) is 12.8 Å². The number of rotatable bonds is 0. The maximum absolute atomic E-state index is 4.34. The number of H-pyrrole nitrogens is 1. The lowest BCUT2D eigenvalue weighted by Gasteiger charge is -2.14. The summed E-state index contributed by atoms with van der Waals surface area (Å²) in [5.74, 6) is 0. The molecule has 3 rings (SSSR count). The SMILES string of the molecule is c1nc2[nH]ncc2c2c1CCCC2. The third-order valence-corrected chi connectivity index (χ3v) is 2.80. The Bertz CT molecular complexity index is 444. The van der Waals surface area contributed by atoms with Crippen molar-refractivity contribution < 1.29 is 0 Å². The van der Waals surface area contributed by atoms with Gasteiger partial charge in [-0.1, -0.05) is 0 Å². The molecule has 2 heterocycles. The predicted octanol–water partition coefficient (Wildman–Crippen LogP) is 1.84. The molecule has 0 saturated heterocycles. The second kappa shape index (κ2) is 2.55. The monoisotopic (exact) mass is 173 g/mol. The van der Waals surface area contributed by atoms with Crippen LogP contribution in [0.3, 0.4) is 0 Å². The summed E-state index contributed by atoms with van der Waals surface area (Å²) in [5, 5.41) is 8.15. The summed E-state index contributed by atoms with van der Waals surface area (Å²) in [4.78, 5) is 4.34. The quantitative estimate of drug-likeness (QED) is 0.660. The van der Waals surface area contributed by atoms with Gasteiger partial charge in [0.25, 0.3) is 0 Å². The molecule has 0 unspecified atom stereocenters. The van der Waals surface area contributed by atoms with Crippen LogP contribution in [0.15, 0.2) is 12.4 Å². The van der Waals surface area contributed by atoms with Crippen LogP contribution < -0.4 is 0 Å². The molecule has 0 fully saturated rings. The van der Waals surface area contributed by atoms with Crippen molar-refractivity contribution in [3.05, 3.63) is 23.5 Å². The number of aromatic amines is 1. The Morgan fingerprint density at radius 2 is 2.08 bits per heavy atom. The van der Waals surface area contributed by atoms with Crippen molar-refractivity contribution in [2.45, 2.75) is 25.7 Å². The summed E-state index contributed by atoms with van der Waals surface area (Å²) < 4.78 is 0. The van der Waals surface area contributed by atoms with Crippen LogP contribution >= 0.6 is 0 Å². The molecule has 0 spiro atoms. The lowest BCUT2D eigenvalue weighted by molar-refractivity contribution is 0.687. The fourth-order valence-electron chi connectivity index (χ4n) is 2.12. The first-order chi connectivity index (χ1) is 6.45. The Morgan fingerprint density at radius 3 is 3.08 bits per heavy atom. The zero-order valence-corrected chi connectivity index (χ0v) is 7.38. The molecule has 0 radical (unpaired) electrons. The van der Waals surface area contributed by atoms with Crippen molar-refractivity contribution in [3.8, 4) is 0 Å². The molecule has 0 amide bonds. The van der Waals surface area contributed by atoms with E-state index in [-0.39, 0.29) is 0 Å². The number of pyridine rings is 1. The van der Waals surface area contributed by atoms with E-state index in [2.05, 4.69) is 15.2 Å². The van der Waals surface area contributed by atoms with Crippen LogP contribution in [0.5, 0.6) is 0 Å². The standard InChI is InChI=1S/C10H11N3/c1-2-4-8-7(3-1)5-11-10-9(8)6-12-13-10/h5-6H,1-4H2,(H,11,12,13). The van der Waals surface area contributed by atoms with Crippen LogP contribution in [-0.4, -0.2) is 15.2 Å². The summed E-state index contributed by atoms with van der Waals surface area (Å²) in [6.45, 7) is 0. The molecule has 0 bridgehead atoms. The average Bonchev–Trinajstić information content (AvgIpc) is 2.65. The van der Waals surface area contributed by atoms with Gasteiger partial charge in [0.15, 0.2) is 5.65 Å². The van der Waals surface area contributed by atoms with Gasteiger partial charge in [-0.3, -0.25) is 5.10 Å². The lowest BCUT2D eigenvalue weighted by atomic mass is 9.92. The zero-order valence-electron chi connectivity index (χ0n) is 7.38. The molecule has 0 saturated carbocycles. The summed E-state index contributed by atoms with van der Waals surface area (Å²) in [7, 11) is 0. The van der Waals surface area contributed by atoms with Gasteiger partial charge < -0.3 is 0 Å². The fraction of sp³-hybridized carbons (Fsp3) is 0.400. The Balaban J connectivity index is 2.34. The molecule has 0 aliphatic heterocycles. The topological polar surface area (TPSA) is 41.6 Å². The number of hydrogen-bond acceptors (Lipinski definition) is 2. The van der Waals surface area contributed by atoms with Crippen molar-refractivity contribution in [1.82, 2.24) is 15.2 Å². The van der Waals surface area contributed by atoms with Gasteiger partial charge in [-0.2, -0.15) is 5.10 Å². The van der Waals surface area contributed by atoms with Crippen LogP contribution in [0.2, 0.25) is 0 Å². The number of hydrogen-bond donors (Lipinski definition) is 1. The molecule has 1 aliphatic rings. The predicted molar refractivity (Wildman–Crippen MR) is 50.5 cm³/mol. The highest BCUT2D eigenvalue weighted by Crippen LogP contribution is 2.25. The highest BCUT2D eigenvalue weighted by atomic mass is 15.1. The smallest absolute Gasteiger partial charge is 0.155 e. The van der Waals surface area contributed by atoms with Crippen molar-refractivity contribution in [3.63, 3.8) is 0 Å². The van der Waals surface area contributed by atoms with Crippen molar-refractivity contribution >= 4 is 11.0 Å². The third-order valence-electron chi connectivity index (χ3n) is 2.80. The minimum atomic E-state index is 0.931. The van der Waals surface area contributed by atoms with Crippen molar-refractivity contribution in [1.29, 1.82) is 0 Å². The first kappa shape index (κ1) is 7.06. The lowest BCUT2D eigenvalue weighted by Crippen LogP contribution is -2.03. The van der Waals surface area contributed by atoms with Crippen LogP contribution in [0.1, 0.15) is 24.0 Å². The normalized spacial score (nSPS) is 16.0. The number of aryl methyl sites for hydroxylation is 2. The molecule has 1 aliphatic carbocycles. The Hall–Kier alpha value is -1.38. The molecule has 0 aromatic carbocycles. The summed E-state index contributed by atoms with van der Waals surface area (Å²) in [5.41, 5.74) is 3.81. The van der Waals surface area contributed by atoms with Gasteiger partial charge in [0.05, 0.1) is 6.20 Å². The van der Waals surface area contributed by atoms with Crippen molar-refractivity contribution in [2.75, 3.05) is 0 Å². The van der Waals surface area contributed by atoms with Crippen LogP contribution in [0.4, 0.5) is 0 Å². The number of fused-ring (bicyclic) bond motifs is 3. The Labute approximate surface area is 76.2 Å². The van der Waals surface area contributed by atoms with E-state index in [1.807, 2.05) is 12.4 Å². The Kier molecular flexibility index (Phi) is 1.39. The van der Waals surface area contributed by atoms with E-state index in [1.165, 1.54) is 42.2 Å². The molecule has 2 aromatic heterocycles. The number of aromatic nitrogens is 3. The third kappa shape index (κ3) is 0.963. The van der Waals surface area contributed by atoms with Gasteiger partial charge in [0.2, 0.25) is 0 Å². The van der Waals surface area contributed by atoms with E-state index in [9.17, 15) is 0 Å². The second-order valence-corrected chi connectivity index (χ2v) is 3.60. The highest BCUT2D eigenvalue weighted by molar-refractivity contribution is 5.79. The van der Waals surface area contributed by atoms with Crippen molar-refractivity contribution in [2.24, 2.45) is 0 Å². The maximum Gasteiger partial charge on any atom is 0.155 e. The van der Waals surface area contributed by atoms with E-state index < -0.39 is 0 Å². The van der Waals surface area contributed by atoms with E-state index in [1.54, 1.807) is 0 Å². The summed E-state index contributed by atoms with van der Waals surface area (Å²) in [6, 6.07) is 0. The second-order valence-electron chi connectivity index (χ2n) is 3.60. The molecule has 3 nitrogen and oxygen atoms in total. The van der Waals surface area contributed by atoms with Crippen LogP contribution in [0.25, 0.3) is 11.0 Å². The zero-order chi connectivity index (χ0) is 8.67. The van der Waals surface area contributed by atoms with Gasteiger partial charge in [-0.25, -0.2) is 4.98 Å². The highest BCUT2D eigenvalue weighted by Gasteiger charge is 2.13. The molecule has 3 heteroatoms. The van der Waals surface area contributed by atoms with E-state index >= 15 is 0 Å². The molecule has 2 aromatic rings. The molecular weight excluding hydrogens is 162 g/mol. The minimum Gasteiger partial charge on any atom is -0.261 e. The molecule has 13 heavy (non-hydrogen) atoms. The first-order valence-electron chi connectivity index (χ1n) is 4.75. The van der Waals surface area contributed by atoms with E-state index in [0.29, 0.717) is 0 Å².